The second kappa shape index (κ2) is 7.09. The van der Waals surface area contributed by atoms with E-state index in [1.807, 2.05) is 0 Å². The average Bonchev–Trinajstić information content (AvgIpc) is 3.00. The molecule has 0 atom stereocenters. The smallest absolute Gasteiger partial charge is 0.0594 e. The van der Waals surface area contributed by atoms with Crippen molar-refractivity contribution in [3.63, 3.8) is 0 Å². The lowest BCUT2D eigenvalue weighted by atomic mass is 9.99. The standard InChI is InChI=1S/C17H26N2O/c1-2-9-16(8-1)20-12-11-18-13-15-6-3-5-14-7-4-10-19-17(14)15/h3,5-6,16,18-19H,1-2,4,7-13H2. The monoisotopic (exact) mass is 274 g/mol. The van der Waals surface area contributed by atoms with E-state index in [2.05, 4.69) is 28.8 Å². The molecule has 1 aliphatic heterocycles. The van der Waals surface area contributed by atoms with Gasteiger partial charge in [-0.25, -0.2) is 0 Å². The quantitative estimate of drug-likeness (QED) is 0.782. The largest absolute Gasteiger partial charge is 0.385 e. The molecule has 1 aliphatic carbocycles. The number of hydrogen-bond donors (Lipinski definition) is 2. The Hall–Kier alpha value is -1.06. The fourth-order valence-electron chi connectivity index (χ4n) is 3.30. The molecule has 0 amide bonds. The third-order valence-corrected chi connectivity index (χ3v) is 4.41. The summed E-state index contributed by atoms with van der Waals surface area (Å²) in [4.78, 5) is 0. The molecule has 1 heterocycles. The molecule has 1 fully saturated rings. The van der Waals surface area contributed by atoms with Crippen LogP contribution in [0.4, 0.5) is 5.69 Å². The van der Waals surface area contributed by atoms with Crippen LogP contribution in [0.5, 0.6) is 0 Å². The summed E-state index contributed by atoms with van der Waals surface area (Å²) in [6.07, 6.45) is 8.20. The summed E-state index contributed by atoms with van der Waals surface area (Å²) in [5, 5.41) is 7.06. The highest BCUT2D eigenvalue weighted by molar-refractivity contribution is 5.59. The zero-order chi connectivity index (χ0) is 13.6. The van der Waals surface area contributed by atoms with Crippen LogP contribution in [-0.2, 0) is 17.7 Å². The van der Waals surface area contributed by atoms with Crippen molar-refractivity contribution in [1.82, 2.24) is 5.32 Å². The highest BCUT2D eigenvalue weighted by atomic mass is 16.5. The van der Waals surface area contributed by atoms with E-state index in [0.717, 1.165) is 26.2 Å². The molecular weight excluding hydrogens is 248 g/mol. The molecule has 1 aromatic rings. The van der Waals surface area contributed by atoms with Gasteiger partial charge in [0.25, 0.3) is 0 Å². The van der Waals surface area contributed by atoms with Crippen LogP contribution >= 0.6 is 0 Å². The van der Waals surface area contributed by atoms with E-state index >= 15 is 0 Å². The summed E-state index contributed by atoms with van der Waals surface area (Å²) in [6.45, 7) is 3.83. The topological polar surface area (TPSA) is 33.3 Å². The lowest BCUT2D eigenvalue weighted by Gasteiger charge is -2.21. The minimum Gasteiger partial charge on any atom is -0.385 e. The number of rotatable bonds is 6. The van der Waals surface area contributed by atoms with Gasteiger partial charge in [0.05, 0.1) is 12.7 Å². The highest BCUT2D eigenvalue weighted by Gasteiger charge is 2.15. The first-order chi connectivity index (χ1) is 9.93. The van der Waals surface area contributed by atoms with Crippen molar-refractivity contribution in [2.24, 2.45) is 0 Å². The van der Waals surface area contributed by atoms with Crippen LogP contribution in [0.15, 0.2) is 18.2 Å². The van der Waals surface area contributed by atoms with Crippen LogP contribution in [0.3, 0.4) is 0 Å². The molecule has 0 saturated heterocycles. The predicted octanol–water partition coefficient (Wildman–Crippen LogP) is 3.09. The number of anilines is 1. The summed E-state index contributed by atoms with van der Waals surface area (Å²) in [5.74, 6) is 0. The maximum Gasteiger partial charge on any atom is 0.0594 e. The lowest BCUT2D eigenvalue weighted by molar-refractivity contribution is 0.0603. The van der Waals surface area contributed by atoms with Gasteiger partial charge in [-0.05, 0) is 36.8 Å². The van der Waals surface area contributed by atoms with Crippen molar-refractivity contribution in [1.29, 1.82) is 0 Å². The molecule has 20 heavy (non-hydrogen) atoms. The van der Waals surface area contributed by atoms with Gasteiger partial charge >= 0.3 is 0 Å². The van der Waals surface area contributed by atoms with Crippen LogP contribution in [0.25, 0.3) is 0 Å². The summed E-state index contributed by atoms with van der Waals surface area (Å²) in [5.41, 5.74) is 4.23. The van der Waals surface area contributed by atoms with E-state index in [-0.39, 0.29) is 0 Å². The van der Waals surface area contributed by atoms with Crippen LogP contribution in [0.2, 0.25) is 0 Å². The Morgan fingerprint density at radius 2 is 2.10 bits per heavy atom. The number of para-hydroxylation sites is 1. The van der Waals surface area contributed by atoms with Crippen molar-refractivity contribution in [2.75, 3.05) is 25.0 Å². The molecule has 0 radical (unpaired) electrons. The molecule has 0 aromatic heterocycles. The number of benzene rings is 1. The van der Waals surface area contributed by atoms with Gasteiger partial charge in [-0.2, -0.15) is 0 Å². The Labute approximate surface area is 122 Å². The minimum atomic E-state index is 0.531. The predicted molar refractivity (Wildman–Crippen MR) is 83.2 cm³/mol. The summed E-state index contributed by atoms with van der Waals surface area (Å²) >= 11 is 0. The Kier molecular flexibility index (Phi) is 4.93. The molecule has 1 aromatic carbocycles. The molecule has 3 nitrogen and oxygen atoms in total. The van der Waals surface area contributed by atoms with Crippen molar-refractivity contribution < 1.29 is 4.74 Å². The fraction of sp³-hybridized carbons (Fsp3) is 0.647. The molecule has 3 rings (SSSR count). The molecule has 3 heteroatoms. The van der Waals surface area contributed by atoms with E-state index < -0.39 is 0 Å². The van der Waals surface area contributed by atoms with Crippen LogP contribution in [0, 0.1) is 0 Å². The molecule has 110 valence electrons. The number of hydrogen-bond acceptors (Lipinski definition) is 3. The number of aryl methyl sites for hydroxylation is 1. The van der Waals surface area contributed by atoms with Crippen molar-refractivity contribution in [2.45, 2.75) is 51.2 Å². The first-order valence-electron chi connectivity index (χ1n) is 8.10. The Morgan fingerprint density at radius 1 is 1.20 bits per heavy atom. The maximum absolute atomic E-state index is 5.88. The van der Waals surface area contributed by atoms with Gasteiger partial charge in [-0.3, -0.25) is 0 Å². The van der Waals surface area contributed by atoms with Crippen LogP contribution in [-0.4, -0.2) is 25.8 Å². The third kappa shape index (κ3) is 3.53. The Morgan fingerprint density at radius 3 is 3.00 bits per heavy atom. The SMILES string of the molecule is c1cc2c(c(CNCCOC3CCCC3)c1)NCCC2. The molecule has 1 saturated carbocycles. The summed E-state index contributed by atoms with van der Waals surface area (Å²) in [6, 6.07) is 6.65. The number of nitrogens with one attached hydrogen (secondary N) is 2. The minimum absolute atomic E-state index is 0.531. The second-order valence-electron chi connectivity index (χ2n) is 5.94. The molecule has 0 unspecified atom stereocenters. The van der Waals surface area contributed by atoms with Gasteiger partial charge in [0.1, 0.15) is 0 Å². The molecule has 2 N–H and O–H groups in total. The van der Waals surface area contributed by atoms with Gasteiger partial charge < -0.3 is 15.4 Å². The molecule has 0 bridgehead atoms. The zero-order valence-electron chi connectivity index (χ0n) is 12.3. The first kappa shape index (κ1) is 13.9. The van der Waals surface area contributed by atoms with Crippen LogP contribution in [0.1, 0.15) is 43.2 Å². The first-order valence-corrected chi connectivity index (χ1v) is 8.10. The average molecular weight is 274 g/mol. The van der Waals surface area contributed by atoms with Gasteiger partial charge in [-0.1, -0.05) is 31.0 Å². The normalized spacial score (nSPS) is 18.8. The fourth-order valence-corrected chi connectivity index (χ4v) is 3.30. The van der Waals surface area contributed by atoms with Gasteiger partial charge in [0, 0.05) is 25.3 Å². The number of ether oxygens (including phenoxy) is 1. The van der Waals surface area contributed by atoms with E-state index in [1.165, 1.54) is 55.3 Å². The highest BCUT2D eigenvalue weighted by Crippen LogP contribution is 2.25. The second-order valence-corrected chi connectivity index (χ2v) is 5.94. The maximum atomic E-state index is 5.88. The zero-order valence-corrected chi connectivity index (χ0v) is 12.3. The molecule has 0 spiro atoms. The summed E-state index contributed by atoms with van der Waals surface area (Å²) in [7, 11) is 0. The Balaban J connectivity index is 1.42. The van der Waals surface area contributed by atoms with Gasteiger partial charge in [0.2, 0.25) is 0 Å². The lowest BCUT2D eigenvalue weighted by Crippen LogP contribution is -2.23. The van der Waals surface area contributed by atoms with E-state index in [4.69, 9.17) is 4.74 Å². The van der Waals surface area contributed by atoms with Gasteiger partial charge in [0.15, 0.2) is 0 Å². The molecular formula is C17H26N2O. The van der Waals surface area contributed by atoms with E-state index in [9.17, 15) is 0 Å². The van der Waals surface area contributed by atoms with Crippen molar-refractivity contribution in [3.8, 4) is 0 Å². The third-order valence-electron chi connectivity index (χ3n) is 4.41. The molecule has 2 aliphatic rings. The van der Waals surface area contributed by atoms with Crippen molar-refractivity contribution in [3.05, 3.63) is 29.3 Å². The number of fused-ring (bicyclic) bond motifs is 1. The van der Waals surface area contributed by atoms with Crippen molar-refractivity contribution >= 4 is 5.69 Å². The van der Waals surface area contributed by atoms with E-state index in [1.54, 1.807) is 0 Å². The summed E-state index contributed by atoms with van der Waals surface area (Å²) < 4.78 is 5.88. The van der Waals surface area contributed by atoms with E-state index in [0.29, 0.717) is 6.10 Å². The van der Waals surface area contributed by atoms with Gasteiger partial charge in [-0.15, -0.1) is 0 Å². The Bertz CT molecular complexity index is 427. The van der Waals surface area contributed by atoms with Crippen LogP contribution < -0.4 is 10.6 Å².